The molecule has 1 atom stereocenters. The van der Waals surface area contributed by atoms with Crippen LogP contribution in [0.25, 0.3) is 11.1 Å². The molecular formula is C31H32N6O4. The van der Waals surface area contributed by atoms with Crippen molar-refractivity contribution in [2.24, 2.45) is 0 Å². The number of amides is 4. The number of carbonyl (C=O) groups excluding carboxylic acids is 3. The molecule has 0 saturated carbocycles. The van der Waals surface area contributed by atoms with Gasteiger partial charge in [-0.25, -0.2) is 4.79 Å². The van der Waals surface area contributed by atoms with E-state index < -0.39 is 17.5 Å². The van der Waals surface area contributed by atoms with Crippen LogP contribution in [0, 0.1) is 5.41 Å². The molecule has 1 unspecified atom stereocenters. The molecule has 10 heteroatoms. The van der Waals surface area contributed by atoms with Crippen molar-refractivity contribution in [3.8, 4) is 16.9 Å². The largest absolute Gasteiger partial charge is 0.497 e. The molecule has 3 aliphatic heterocycles. The Balaban J connectivity index is 1.22. The maximum atomic E-state index is 13.3. The summed E-state index contributed by atoms with van der Waals surface area (Å²) in [4.78, 5) is 44.7. The van der Waals surface area contributed by atoms with Crippen LogP contribution in [0.4, 0.5) is 4.79 Å². The predicted molar refractivity (Wildman–Crippen MR) is 154 cm³/mol. The lowest BCUT2D eigenvalue weighted by atomic mass is 9.88. The number of amidine groups is 1. The number of hydrogen-bond donors (Lipinski definition) is 3. The summed E-state index contributed by atoms with van der Waals surface area (Å²) in [6, 6.07) is 20.1. The van der Waals surface area contributed by atoms with Gasteiger partial charge in [-0.05, 0) is 41.4 Å². The number of benzene rings is 3. The number of carbonyl (C=O) groups is 3. The van der Waals surface area contributed by atoms with E-state index in [-0.39, 0.29) is 12.5 Å². The Morgan fingerprint density at radius 1 is 0.927 bits per heavy atom. The average molecular weight is 553 g/mol. The highest BCUT2D eigenvalue weighted by molar-refractivity contribution is 6.08. The summed E-state index contributed by atoms with van der Waals surface area (Å²) in [7, 11) is 3.64. The maximum Gasteiger partial charge on any atom is 0.322 e. The number of likely N-dealkylation sites (N-methyl/N-ethyl adjacent to an activating group) is 1. The summed E-state index contributed by atoms with van der Waals surface area (Å²) in [5, 5.41) is 13.8. The fraction of sp³-hybridized carbons (Fsp3) is 0.290. The third-order valence-electron chi connectivity index (χ3n) is 8.25. The first-order chi connectivity index (χ1) is 19.8. The fourth-order valence-corrected chi connectivity index (χ4v) is 5.76. The molecule has 4 amide bonds. The average Bonchev–Trinajstić information content (AvgIpc) is 3.46. The Kier molecular flexibility index (Phi) is 6.70. The molecule has 10 nitrogen and oxygen atoms in total. The van der Waals surface area contributed by atoms with Crippen molar-refractivity contribution in [3.05, 3.63) is 89.0 Å². The first-order valence-corrected chi connectivity index (χ1v) is 13.6. The Labute approximate surface area is 238 Å². The molecule has 2 saturated heterocycles. The molecule has 0 radical (unpaired) electrons. The van der Waals surface area contributed by atoms with E-state index in [1.807, 2.05) is 54.6 Å². The lowest BCUT2D eigenvalue weighted by Gasteiger charge is -2.34. The van der Waals surface area contributed by atoms with Crippen LogP contribution in [-0.2, 0) is 16.9 Å². The number of ether oxygens (including phenoxy) is 1. The second-order valence-corrected chi connectivity index (χ2v) is 10.8. The number of methoxy groups -OCH3 is 1. The first kappa shape index (κ1) is 26.5. The molecule has 3 heterocycles. The number of nitrogens with one attached hydrogen (secondary N) is 3. The van der Waals surface area contributed by atoms with E-state index in [4.69, 9.17) is 10.1 Å². The van der Waals surface area contributed by atoms with Gasteiger partial charge in [-0.3, -0.25) is 20.3 Å². The molecule has 2 fully saturated rings. The van der Waals surface area contributed by atoms with E-state index in [9.17, 15) is 14.4 Å². The second-order valence-electron chi connectivity index (χ2n) is 10.8. The molecule has 0 bridgehead atoms. The van der Waals surface area contributed by atoms with Crippen LogP contribution in [0.3, 0.4) is 0 Å². The Morgan fingerprint density at radius 2 is 1.59 bits per heavy atom. The minimum Gasteiger partial charge on any atom is -0.497 e. The van der Waals surface area contributed by atoms with Crippen LogP contribution in [0.2, 0.25) is 0 Å². The van der Waals surface area contributed by atoms with Crippen LogP contribution in [0.15, 0.2) is 66.7 Å². The Hall–Kier alpha value is -4.70. The van der Waals surface area contributed by atoms with Crippen molar-refractivity contribution in [1.29, 1.82) is 5.41 Å². The van der Waals surface area contributed by atoms with Gasteiger partial charge >= 0.3 is 6.03 Å². The van der Waals surface area contributed by atoms with Gasteiger partial charge < -0.3 is 24.8 Å². The topological polar surface area (TPSA) is 118 Å². The highest BCUT2D eigenvalue weighted by Gasteiger charge is 2.50. The molecule has 41 heavy (non-hydrogen) atoms. The van der Waals surface area contributed by atoms with Crippen molar-refractivity contribution in [2.75, 3.05) is 46.9 Å². The molecule has 3 aromatic rings. The molecular weight excluding hydrogens is 520 g/mol. The molecule has 3 N–H and O–H groups in total. The van der Waals surface area contributed by atoms with Gasteiger partial charge in [-0.1, -0.05) is 54.6 Å². The van der Waals surface area contributed by atoms with Gasteiger partial charge in [0, 0.05) is 43.9 Å². The minimum atomic E-state index is -1.42. The van der Waals surface area contributed by atoms with Gasteiger partial charge in [-0.2, -0.15) is 0 Å². The van der Waals surface area contributed by atoms with Gasteiger partial charge in [-0.15, -0.1) is 0 Å². The van der Waals surface area contributed by atoms with E-state index in [1.165, 1.54) is 0 Å². The van der Waals surface area contributed by atoms with E-state index >= 15 is 0 Å². The summed E-state index contributed by atoms with van der Waals surface area (Å²) in [6.45, 7) is 3.89. The summed E-state index contributed by atoms with van der Waals surface area (Å²) in [6.07, 6.45) is 0. The van der Waals surface area contributed by atoms with Crippen LogP contribution in [0.1, 0.15) is 27.0 Å². The monoisotopic (exact) mass is 552 g/mol. The van der Waals surface area contributed by atoms with Gasteiger partial charge in [0.05, 0.1) is 13.7 Å². The molecule has 0 aliphatic carbocycles. The zero-order valence-electron chi connectivity index (χ0n) is 23.1. The van der Waals surface area contributed by atoms with E-state index in [1.54, 1.807) is 24.1 Å². The smallest absolute Gasteiger partial charge is 0.322 e. The number of fused-ring (bicyclic) bond motifs is 1. The van der Waals surface area contributed by atoms with Crippen molar-refractivity contribution < 1.29 is 19.1 Å². The molecule has 3 aromatic carbocycles. The minimum absolute atomic E-state index is 0.0111. The molecule has 210 valence electrons. The van der Waals surface area contributed by atoms with Crippen LogP contribution in [0.5, 0.6) is 5.75 Å². The molecule has 6 rings (SSSR count). The zero-order chi connectivity index (χ0) is 28.7. The van der Waals surface area contributed by atoms with Crippen LogP contribution < -0.4 is 15.4 Å². The summed E-state index contributed by atoms with van der Waals surface area (Å²) in [5.74, 6) is 0.400. The number of nitrogens with zero attached hydrogens (tertiary/aromatic N) is 3. The Morgan fingerprint density at radius 3 is 2.20 bits per heavy atom. The van der Waals surface area contributed by atoms with E-state index in [0.717, 1.165) is 48.4 Å². The fourth-order valence-electron chi connectivity index (χ4n) is 5.76. The second kappa shape index (κ2) is 10.4. The van der Waals surface area contributed by atoms with Crippen molar-refractivity contribution in [3.63, 3.8) is 0 Å². The summed E-state index contributed by atoms with van der Waals surface area (Å²) >= 11 is 0. The van der Waals surface area contributed by atoms with Gasteiger partial charge in [0.25, 0.3) is 11.8 Å². The molecule has 0 aromatic heterocycles. The van der Waals surface area contributed by atoms with Crippen LogP contribution in [-0.4, -0.2) is 85.3 Å². The van der Waals surface area contributed by atoms with E-state index in [0.29, 0.717) is 29.3 Å². The van der Waals surface area contributed by atoms with Crippen molar-refractivity contribution in [1.82, 2.24) is 25.3 Å². The standard InChI is InChI=1S/C31H32N6O4/c1-35-13-15-36(16-14-35)27(32)22-5-3-20(4-6-22)21-7-10-24(11-8-21)31(29(39)33-30(40)34-31)19-37-18-23-9-12-25(41-2)17-26(23)28(37)38/h3-12,17,32H,13-16,18-19H2,1-2H3,(H2,33,34,39,40). The highest BCUT2D eigenvalue weighted by atomic mass is 16.5. The maximum absolute atomic E-state index is 13.3. The number of urea groups is 1. The quantitative estimate of drug-likeness (QED) is 0.246. The number of piperazine rings is 1. The first-order valence-electron chi connectivity index (χ1n) is 13.6. The number of imide groups is 1. The zero-order valence-corrected chi connectivity index (χ0v) is 23.1. The normalized spacial score (nSPS) is 20.6. The van der Waals surface area contributed by atoms with Gasteiger partial charge in [0.2, 0.25) is 0 Å². The lowest BCUT2D eigenvalue weighted by Crippen LogP contribution is -2.52. The molecule has 3 aliphatic rings. The van der Waals surface area contributed by atoms with Crippen LogP contribution >= 0.6 is 0 Å². The van der Waals surface area contributed by atoms with E-state index in [2.05, 4.69) is 27.5 Å². The summed E-state index contributed by atoms with van der Waals surface area (Å²) < 4.78 is 5.27. The third kappa shape index (κ3) is 4.80. The van der Waals surface area contributed by atoms with Gasteiger partial charge in [0.1, 0.15) is 11.6 Å². The molecule has 0 spiro atoms. The summed E-state index contributed by atoms with van der Waals surface area (Å²) in [5.41, 5.74) is 3.31. The number of rotatable bonds is 6. The van der Waals surface area contributed by atoms with Gasteiger partial charge in [0.15, 0.2) is 5.54 Å². The predicted octanol–water partition coefficient (Wildman–Crippen LogP) is 2.63. The Bertz CT molecular complexity index is 1530. The highest BCUT2D eigenvalue weighted by Crippen LogP contribution is 2.33. The number of hydrogen-bond acceptors (Lipinski definition) is 6. The van der Waals surface area contributed by atoms with Crippen molar-refractivity contribution >= 4 is 23.7 Å². The lowest BCUT2D eigenvalue weighted by molar-refractivity contribution is -0.124. The SMILES string of the molecule is COc1ccc2c(c1)C(=O)N(CC1(c3ccc(-c4ccc(C(=N)N5CCN(C)CC5)cc4)cc3)NC(=O)NC1=O)C2. The third-order valence-corrected chi connectivity index (χ3v) is 8.25. The van der Waals surface area contributed by atoms with Crippen molar-refractivity contribution in [2.45, 2.75) is 12.1 Å².